The quantitative estimate of drug-likeness (QED) is 0.609. The van der Waals surface area contributed by atoms with E-state index in [4.69, 9.17) is 15.2 Å². The predicted octanol–water partition coefficient (Wildman–Crippen LogP) is 1.15. The van der Waals surface area contributed by atoms with Crippen molar-refractivity contribution in [1.82, 2.24) is 20.3 Å². The monoisotopic (exact) mass is 388 g/mol. The number of rotatable bonds is 5. The highest BCUT2D eigenvalue weighted by atomic mass is 127. The van der Waals surface area contributed by atoms with E-state index in [0.29, 0.717) is 12.4 Å². The number of methoxy groups -OCH3 is 1. The van der Waals surface area contributed by atoms with Crippen LogP contribution >= 0.6 is 22.6 Å². The minimum atomic E-state index is 0.119. The molecule has 0 saturated carbocycles. The Morgan fingerprint density at radius 3 is 2.90 bits per heavy atom. The molecule has 0 amide bonds. The van der Waals surface area contributed by atoms with Gasteiger partial charge in [0.25, 0.3) is 5.95 Å². The lowest BCUT2D eigenvalue weighted by molar-refractivity contribution is 0.308. The van der Waals surface area contributed by atoms with Crippen molar-refractivity contribution in [2.75, 3.05) is 19.5 Å². The van der Waals surface area contributed by atoms with Gasteiger partial charge in [0.05, 0.1) is 23.5 Å². The number of halogens is 1. The lowest BCUT2D eigenvalue weighted by Crippen LogP contribution is -2.01. The highest BCUT2D eigenvalue weighted by Crippen LogP contribution is 2.33. The molecule has 1 aromatic heterocycles. The predicted molar refractivity (Wildman–Crippen MR) is 82.1 cm³/mol. The molecule has 0 aliphatic rings. The molecule has 0 aliphatic carbocycles. The minimum Gasteiger partial charge on any atom is -0.493 e. The third-order valence-electron chi connectivity index (χ3n) is 2.33. The van der Waals surface area contributed by atoms with E-state index in [-0.39, 0.29) is 5.95 Å². The van der Waals surface area contributed by atoms with Crippen LogP contribution in [-0.4, -0.2) is 40.2 Å². The van der Waals surface area contributed by atoms with Crippen LogP contribution in [0.3, 0.4) is 0 Å². The zero-order valence-corrected chi connectivity index (χ0v) is 13.1. The smallest absolute Gasteiger partial charge is 0.263 e. The number of hydrogen-bond acceptors (Lipinski definition) is 7. The maximum atomic E-state index is 5.55. The summed E-state index contributed by atoms with van der Waals surface area (Å²) in [6, 6.07) is 3.73. The third-order valence-corrected chi connectivity index (χ3v) is 3.13. The number of anilines is 1. The lowest BCUT2D eigenvalue weighted by atomic mass is 10.2. The van der Waals surface area contributed by atoms with Crippen molar-refractivity contribution in [2.24, 2.45) is 5.10 Å². The fourth-order valence-electron chi connectivity index (χ4n) is 1.49. The molecule has 0 fully saturated rings. The van der Waals surface area contributed by atoms with Crippen LogP contribution in [0.2, 0.25) is 0 Å². The number of nitrogens with two attached hydrogens (primary N) is 1. The molecular weight excluding hydrogens is 375 g/mol. The molecule has 8 nitrogen and oxygen atoms in total. The Balaban J connectivity index is 2.31. The molecule has 0 unspecified atom stereocenters. The van der Waals surface area contributed by atoms with Gasteiger partial charge in [-0.05, 0) is 57.6 Å². The molecular formula is C11H13IN6O2. The first-order valence-corrected chi connectivity index (χ1v) is 6.82. The van der Waals surface area contributed by atoms with Gasteiger partial charge in [-0.3, -0.25) is 0 Å². The first kappa shape index (κ1) is 14.5. The summed E-state index contributed by atoms with van der Waals surface area (Å²) >= 11 is 2.18. The van der Waals surface area contributed by atoms with Gasteiger partial charge in [-0.25, -0.2) is 0 Å². The average Bonchev–Trinajstić information content (AvgIpc) is 2.84. The van der Waals surface area contributed by atoms with Gasteiger partial charge in [0.1, 0.15) is 0 Å². The molecule has 2 N–H and O–H groups in total. The van der Waals surface area contributed by atoms with Crippen molar-refractivity contribution >= 4 is 34.8 Å². The van der Waals surface area contributed by atoms with E-state index >= 15 is 0 Å². The molecule has 2 rings (SSSR count). The van der Waals surface area contributed by atoms with Crippen molar-refractivity contribution in [3.63, 3.8) is 0 Å². The molecule has 1 heterocycles. The summed E-state index contributed by atoms with van der Waals surface area (Å²) in [5.41, 5.74) is 6.34. The van der Waals surface area contributed by atoms with Gasteiger partial charge < -0.3 is 15.2 Å². The molecule has 0 atom stereocenters. The maximum absolute atomic E-state index is 5.55. The van der Waals surface area contributed by atoms with E-state index in [2.05, 4.69) is 43.2 Å². The Morgan fingerprint density at radius 1 is 1.50 bits per heavy atom. The third kappa shape index (κ3) is 3.15. The molecule has 0 spiro atoms. The zero-order chi connectivity index (χ0) is 14.5. The summed E-state index contributed by atoms with van der Waals surface area (Å²) in [6.45, 7) is 2.49. The van der Waals surface area contributed by atoms with Crippen molar-refractivity contribution in [2.45, 2.75) is 6.92 Å². The second-order valence-corrected chi connectivity index (χ2v) is 4.80. The number of nitrogen functional groups attached to an aromatic ring is 1. The van der Waals surface area contributed by atoms with E-state index in [1.165, 1.54) is 0 Å². The normalized spacial score (nSPS) is 10.9. The fraction of sp³-hybridized carbons (Fsp3) is 0.273. The van der Waals surface area contributed by atoms with Crippen LogP contribution in [0.5, 0.6) is 11.5 Å². The molecule has 0 radical (unpaired) electrons. The second kappa shape index (κ2) is 6.50. The highest BCUT2D eigenvalue weighted by Gasteiger charge is 2.10. The van der Waals surface area contributed by atoms with Crippen LogP contribution in [0, 0.1) is 3.57 Å². The number of hydrogen-bond donors (Lipinski definition) is 1. The summed E-state index contributed by atoms with van der Waals surface area (Å²) < 4.78 is 11.8. The van der Waals surface area contributed by atoms with E-state index in [9.17, 15) is 0 Å². The summed E-state index contributed by atoms with van der Waals surface area (Å²) in [5.74, 6) is 1.48. The first-order valence-electron chi connectivity index (χ1n) is 5.74. The zero-order valence-electron chi connectivity index (χ0n) is 10.9. The topological polar surface area (TPSA) is 100 Å². The summed E-state index contributed by atoms with van der Waals surface area (Å²) in [4.78, 5) is 1.13. The van der Waals surface area contributed by atoms with Gasteiger partial charge in [0, 0.05) is 0 Å². The van der Waals surface area contributed by atoms with Crippen LogP contribution in [0.15, 0.2) is 17.2 Å². The Kier molecular flexibility index (Phi) is 4.71. The van der Waals surface area contributed by atoms with Gasteiger partial charge in [0.2, 0.25) is 0 Å². The Bertz CT molecular complexity index is 627. The SMILES string of the molecule is CCOc1c(I)cc(C=Nn2nnnc2N)cc1OC. The molecule has 2 aromatic rings. The molecule has 20 heavy (non-hydrogen) atoms. The minimum absolute atomic E-state index is 0.119. The summed E-state index contributed by atoms with van der Waals surface area (Å²) in [6.07, 6.45) is 1.59. The molecule has 0 aliphatic heterocycles. The number of ether oxygens (including phenoxy) is 2. The molecule has 0 saturated heterocycles. The van der Waals surface area contributed by atoms with Crippen LogP contribution in [0.25, 0.3) is 0 Å². The Morgan fingerprint density at radius 2 is 2.30 bits per heavy atom. The lowest BCUT2D eigenvalue weighted by Gasteiger charge is -2.11. The van der Waals surface area contributed by atoms with Crippen molar-refractivity contribution in [3.8, 4) is 11.5 Å². The number of aromatic nitrogens is 4. The molecule has 9 heteroatoms. The number of tetrazole rings is 1. The standard InChI is InChI=1S/C11H13IN6O2/c1-3-20-10-8(12)4-7(5-9(10)19-2)6-14-18-11(13)15-16-17-18/h4-6H,3H2,1-2H3,(H2,13,15,17). The van der Waals surface area contributed by atoms with Crippen LogP contribution in [0.1, 0.15) is 12.5 Å². The Labute approximate surface area is 129 Å². The van der Waals surface area contributed by atoms with E-state index < -0.39 is 0 Å². The van der Waals surface area contributed by atoms with Crippen LogP contribution < -0.4 is 15.2 Å². The summed E-state index contributed by atoms with van der Waals surface area (Å²) in [5, 5.41) is 14.6. The number of benzene rings is 1. The highest BCUT2D eigenvalue weighted by molar-refractivity contribution is 14.1. The maximum Gasteiger partial charge on any atom is 0.263 e. The average molecular weight is 388 g/mol. The van der Waals surface area contributed by atoms with Gasteiger partial charge in [-0.1, -0.05) is 9.89 Å². The second-order valence-electron chi connectivity index (χ2n) is 3.64. The van der Waals surface area contributed by atoms with Crippen molar-refractivity contribution < 1.29 is 9.47 Å². The van der Waals surface area contributed by atoms with E-state index in [1.807, 2.05) is 19.1 Å². The first-order chi connectivity index (χ1) is 9.65. The van der Waals surface area contributed by atoms with E-state index in [0.717, 1.165) is 19.7 Å². The molecule has 106 valence electrons. The van der Waals surface area contributed by atoms with E-state index in [1.54, 1.807) is 13.3 Å². The Hall–Kier alpha value is -1.91. The van der Waals surface area contributed by atoms with Gasteiger partial charge >= 0.3 is 0 Å². The summed E-state index contributed by atoms with van der Waals surface area (Å²) in [7, 11) is 1.59. The van der Waals surface area contributed by atoms with Crippen molar-refractivity contribution in [3.05, 3.63) is 21.3 Å². The van der Waals surface area contributed by atoms with Gasteiger partial charge in [-0.15, -0.1) is 0 Å². The molecule has 1 aromatic carbocycles. The van der Waals surface area contributed by atoms with Gasteiger partial charge in [0.15, 0.2) is 11.5 Å². The van der Waals surface area contributed by atoms with Gasteiger partial charge in [-0.2, -0.15) is 5.10 Å². The number of nitrogens with zero attached hydrogens (tertiary/aromatic N) is 5. The van der Waals surface area contributed by atoms with Crippen LogP contribution in [0.4, 0.5) is 5.95 Å². The van der Waals surface area contributed by atoms with Crippen LogP contribution in [-0.2, 0) is 0 Å². The largest absolute Gasteiger partial charge is 0.493 e. The van der Waals surface area contributed by atoms with Crippen molar-refractivity contribution in [1.29, 1.82) is 0 Å². The fourth-order valence-corrected chi connectivity index (χ4v) is 2.27. The molecule has 0 bridgehead atoms.